The standard InChI is InChI=1S/C21H16Cl2O4/c1-26-16-8-13(10-20(24)25)9-17(12-16)27-15-5-2-4-14(11-15)18-6-3-7-19(22)21(18)23/h2-9,11-12H,10H2,1H3,(H,24,25). The third kappa shape index (κ3) is 4.73. The highest BCUT2D eigenvalue weighted by Crippen LogP contribution is 2.36. The van der Waals surface area contributed by atoms with Gasteiger partial charge < -0.3 is 14.6 Å². The van der Waals surface area contributed by atoms with Crippen molar-refractivity contribution in [1.29, 1.82) is 0 Å². The van der Waals surface area contributed by atoms with Crippen molar-refractivity contribution >= 4 is 29.2 Å². The van der Waals surface area contributed by atoms with Crippen LogP contribution >= 0.6 is 23.2 Å². The fourth-order valence-corrected chi connectivity index (χ4v) is 3.08. The van der Waals surface area contributed by atoms with Gasteiger partial charge >= 0.3 is 5.97 Å². The third-order valence-corrected chi connectivity index (χ3v) is 4.68. The maximum absolute atomic E-state index is 11.0. The average molecular weight is 403 g/mol. The number of benzene rings is 3. The molecular formula is C21H16Cl2O4. The minimum Gasteiger partial charge on any atom is -0.497 e. The lowest BCUT2D eigenvalue weighted by Gasteiger charge is -2.12. The van der Waals surface area contributed by atoms with Crippen molar-refractivity contribution in [2.45, 2.75) is 6.42 Å². The SMILES string of the molecule is COc1cc(CC(=O)O)cc(Oc2cccc(-c3cccc(Cl)c3Cl)c2)c1. The topological polar surface area (TPSA) is 55.8 Å². The number of methoxy groups -OCH3 is 1. The lowest BCUT2D eigenvalue weighted by Crippen LogP contribution is -2.00. The second-order valence-electron chi connectivity index (χ2n) is 5.82. The van der Waals surface area contributed by atoms with E-state index in [1.54, 1.807) is 30.3 Å². The maximum Gasteiger partial charge on any atom is 0.307 e. The van der Waals surface area contributed by atoms with E-state index in [0.717, 1.165) is 11.1 Å². The summed E-state index contributed by atoms with van der Waals surface area (Å²) in [5.74, 6) is 0.669. The number of hydrogen-bond acceptors (Lipinski definition) is 3. The average Bonchev–Trinajstić information content (AvgIpc) is 2.63. The summed E-state index contributed by atoms with van der Waals surface area (Å²) in [7, 11) is 1.52. The Balaban J connectivity index is 1.92. The first kappa shape index (κ1) is 19.1. The summed E-state index contributed by atoms with van der Waals surface area (Å²) < 4.78 is 11.2. The van der Waals surface area contributed by atoms with E-state index < -0.39 is 5.97 Å². The highest BCUT2D eigenvalue weighted by atomic mass is 35.5. The molecule has 3 aromatic rings. The monoisotopic (exact) mass is 402 g/mol. The molecule has 0 saturated heterocycles. The van der Waals surface area contributed by atoms with Gasteiger partial charge in [-0.1, -0.05) is 47.5 Å². The largest absolute Gasteiger partial charge is 0.497 e. The fourth-order valence-electron chi connectivity index (χ4n) is 2.67. The van der Waals surface area contributed by atoms with E-state index in [1.807, 2.05) is 30.3 Å². The Labute approximate surface area is 166 Å². The van der Waals surface area contributed by atoms with E-state index in [1.165, 1.54) is 7.11 Å². The van der Waals surface area contributed by atoms with Crippen molar-refractivity contribution in [3.8, 4) is 28.4 Å². The van der Waals surface area contributed by atoms with Crippen LogP contribution in [-0.2, 0) is 11.2 Å². The van der Waals surface area contributed by atoms with Gasteiger partial charge in [-0.25, -0.2) is 0 Å². The Bertz CT molecular complexity index is 986. The molecule has 0 atom stereocenters. The van der Waals surface area contributed by atoms with Crippen molar-refractivity contribution in [3.05, 3.63) is 76.3 Å². The van der Waals surface area contributed by atoms with E-state index in [0.29, 0.717) is 32.9 Å². The summed E-state index contributed by atoms with van der Waals surface area (Å²) in [4.78, 5) is 11.0. The van der Waals surface area contributed by atoms with Crippen LogP contribution in [0.25, 0.3) is 11.1 Å². The molecule has 3 rings (SSSR count). The van der Waals surface area contributed by atoms with Crippen LogP contribution in [0.5, 0.6) is 17.2 Å². The Kier molecular flexibility index (Phi) is 5.89. The summed E-state index contributed by atoms with van der Waals surface area (Å²) in [5, 5.41) is 9.97. The number of rotatable bonds is 6. The molecule has 0 amide bonds. The van der Waals surface area contributed by atoms with Gasteiger partial charge in [0.25, 0.3) is 0 Å². The van der Waals surface area contributed by atoms with Crippen LogP contribution in [0.2, 0.25) is 10.0 Å². The summed E-state index contributed by atoms with van der Waals surface area (Å²) in [6.45, 7) is 0. The van der Waals surface area contributed by atoms with Crippen molar-refractivity contribution in [3.63, 3.8) is 0 Å². The molecule has 0 aliphatic carbocycles. The van der Waals surface area contributed by atoms with Gasteiger partial charge in [-0.3, -0.25) is 4.79 Å². The van der Waals surface area contributed by atoms with Crippen LogP contribution in [0.15, 0.2) is 60.7 Å². The smallest absolute Gasteiger partial charge is 0.307 e. The van der Waals surface area contributed by atoms with Crippen molar-refractivity contribution in [1.82, 2.24) is 0 Å². The van der Waals surface area contributed by atoms with Crippen LogP contribution in [0.3, 0.4) is 0 Å². The Morgan fingerprint density at radius 3 is 2.44 bits per heavy atom. The van der Waals surface area contributed by atoms with Crippen LogP contribution in [0.1, 0.15) is 5.56 Å². The molecule has 0 unspecified atom stereocenters. The number of carboxylic acids is 1. The van der Waals surface area contributed by atoms with Gasteiger partial charge in [0, 0.05) is 11.6 Å². The normalized spacial score (nSPS) is 10.5. The summed E-state index contributed by atoms with van der Waals surface area (Å²) >= 11 is 12.4. The van der Waals surface area contributed by atoms with Gasteiger partial charge in [0.15, 0.2) is 0 Å². The molecule has 0 heterocycles. The molecule has 0 fully saturated rings. The van der Waals surface area contributed by atoms with E-state index in [9.17, 15) is 4.79 Å². The molecule has 138 valence electrons. The van der Waals surface area contributed by atoms with Crippen molar-refractivity contribution in [2.75, 3.05) is 7.11 Å². The van der Waals surface area contributed by atoms with E-state index in [2.05, 4.69) is 0 Å². The minimum absolute atomic E-state index is 0.119. The first-order chi connectivity index (χ1) is 13.0. The fraction of sp³-hybridized carbons (Fsp3) is 0.0952. The molecule has 0 aliphatic heterocycles. The first-order valence-corrected chi connectivity index (χ1v) is 8.84. The Morgan fingerprint density at radius 1 is 0.963 bits per heavy atom. The third-order valence-electron chi connectivity index (χ3n) is 3.86. The predicted molar refractivity (Wildman–Crippen MR) is 106 cm³/mol. The van der Waals surface area contributed by atoms with Gasteiger partial charge in [0.1, 0.15) is 17.2 Å². The van der Waals surface area contributed by atoms with E-state index in [4.69, 9.17) is 37.8 Å². The van der Waals surface area contributed by atoms with E-state index in [-0.39, 0.29) is 6.42 Å². The van der Waals surface area contributed by atoms with E-state index >= 15 is 0 Å². The van der Waals surface area contributed by atoms with Gasteiger partial charge in [-0.2, -0.15) is 0 Å². The summed E-state index contributed by atoms with van der Waals surface area (Å²) in [6, 6.07) is 17.9. The van der Waals surface area contributed by atoms with Crippen LogP contribution in [0.4, 0.5) is 0 Å². The Morgan fingerprint density at radius 2 is 1.70 bits per heavy atom. The highest BCUT2D eigenvalue weighted by Gasteiger charge is 2.10. The van der Waals surface area contributed by atoms with Crippen LogP contribution in [-0.4, -0.2) is 18.2 Å². The molecule has 0 bridgehead atoms. The first-order valence-electron chi connectivity index (χ1n) is 8.08. The minimum atomic E-state index is -0.924. The molecule has 4 nitrogen and oxygen atoms in total. The predicted octanol–water partition coefficient (Wildman–Crippen LogP) is 6.09. The van der Waals surface area contributed by atoms with Gasteiger partial charge in [0.05, 0.1) is 23.6 Å². The van der Waals surface area contributed by atoms with Gasteiger partial charge in [-0.05, 0) is 41.5 Å². The summed E-state index contributed by atoms with van der Waals surface area (Å²) in [5.41, 5.74) is 2.24. The quantitative estimate of drug-likeness (QED) is 0.541. The lowest BCUT2D eigenvalue weighted by atomic mass is 10.1. The molecule has 6 heteroatoms. The number of halogens is 2. The second-order valence-corrected chi connectivity index (χ2v) is 6.60. The second kappa shape index (κ2) is 8.33. The molecule has 0 radical (unpaired) electrons. The summed E-state index contributed by atoms with van der Waals surface area (Å²) in [6.07, 6.45) is -0.119. The highest BCUT2D eigenvalue weighted by molar-refractivity contribution is 6.43. The maximum atomic E-state index is 11.0. The molecule has 3 aromatic carbocycles. The zero-order chi connectivity index (χ0) is 19.4. The molecule has 0 aromatic heterocycles. The lowest BCUT2D eigenvalue weighted by molar-refractivity contribution is -0.136. The van der Waals surface area contributed by atoms with Gasteiger partial charge in [-0.15, -0.1) is 0 Å². The molecule has 1 N–H and O–H groups in total. The molecule has 0 aliphatic rings. The molecule has 0 saturated carbocycles. The molecule has 27 heavy (non-hydrogen) atoms. The van der Waals surface area contributed by atoms with Crippen LogP contribution < -0.4 is 9.47 Å². The Hall–Kier alpha value is -2.69. The number of hydrogen-bond donors (Lipinski definition) is 1. The van der Waals surface area contributed by atoms with Crippen LogP contribution in [0, 0.1) is 0 Å². The molecular weight excluding hydrogens is 387 g/mol. The number of ether oxygens (including phenoxy) is 2. The number of carboxylic acid groups (broad SMARTS) is 1. The molecule has 0 spiro atoms. The number of aliphatic carboxylic acids is 1. The zero-order valence-electron chi connectivity index (χ0n) is 14.4. The van der Waals surface area contributed by atoms with Gasteiger partial charge in [0.2, 0.25) is 0 Å². The number of carbonyl (C=O) groups is 1. The van der Waals surface area contributed by atoms with Crippen molar-refractivity contribution in [2.24, 2.45) is 0 Å². The zero-order valence-corrected chi connectivity index (χ0v) is 15.9. The van der Waals surface area contributed by atoms with Crippen molar-refractivity contribution < 1.29 is 19.4 Å².